The van der Waals surface area contributed by atoms with Crippen molar-refractivity contribution in [2.45, 2.75) is 6.18 Å². The number of Topliss-reactive ketones (excluding diaryl/α,β-unsaturated/α-hetero) is 1. The minimum Gasteiger partial charge on any atom is -0.284 e. The fraction of sp³-hybridized carbons (Fsp3) is 0.125. The highest BCUT2D eigenvalue weighted by Gasteiger charge is 2.39. The normalized spacial score (nSPS) is 10.7. The fourth-order valence-corrected chi connectivity index (χ4v) is 0.789. The summed E-state index contributed by atoms with van der Waals surface area (Å²) < 4.78 is 35.7. The molecule has 3 nitrogen and oxygen atoms in total. The zero-order valence-electron chi connectivity index (χ0n) is 6.67. The molecule has 0 radical (unpaired) electrons. The molecule has 0 aliphatic rings. The molecule has 1 rings (SSSR count). The molecule has 0 atom stereocenters. The first kappa shape index (κ1) is 10.2. The molecule has 0 spiro atoms. The van der Waals surface area contributed by atoms with E-state index in [1.54, 1.807) is 6.07 Å². The third kappa shape index (κ3) is 2.07. The Morgan fingerprint density at radius 1 is 1.43 bits per heavy atom. The average molecular weight is 200 g/mol. The topological polar surface area (TPSA) is 53.8 Å². The van der Waals surface area contributed by atoms with Crippen molar-refractivity contribution in [2.24, 2.45) is 0 Å². The van der Waals surface area contributed by atoms with Crippen LogP contribution in [0.2, 0.25) is 0 Å². The van der Waals surface area contributed by atoms with Gasteiger partial charge in [-0.2, -0.15) is 18.4 Å². The second kappa shape index (κ2) is 3.46. The molecule has 0 fully saturated rings. The molecule has 1 aromatic rings. The zero-order valence-corrected chi connectivity index (χ0v) is 6.67. The van der Waals surface area contributed by atoms with Gasteiger partial charge in [0, 0.05) is 18.0 Å². The molecule has 1 aromatic heterocycles. The smallest absolute Gasteiger partial charge is 0.284 e. The quantitative estimate of drug-likeness (QED) is 0.648. The zero-order chi connectivity index (χ0) is 10.8. The molecular formula is C8H3F3N2O. The number of ketones is 1. The molecule has 0 saturated heterocycles. The molecule has 0 amide bonds. The minimum absolute atomic E-state index is 0.0832. The number of halogens is 3. The van der Waals surface area contributed by atoms with Gasteiger partial charge < -0.3 is 0 Å². The molecule has 0 aliphatic heterocycles. The van der Waals surface area contributed by atoms with Crippen LogP contribution >= 0.6 is 0 Å². The predicted molar refractivity (Wildman–Crippen MR) is 39.3 cm³/mol. The van der Waals surface area contributed by atoms with Crippen LogP contribution in [0.3, 0.4) is 0 Å². The summed E-state index contributed by atoms with van der Waals surface area (Å²) in [4.78, 5) is 14.0. The lowest BCUT2D eigenvalue weighted by atomic mass is 10.1. The molecular weight excluding hydrogens is 197 g/mol. The van der Waals surface area contributed by atoms with Crippen LogP contribution < -0.4 is 0 Å². The summed E-state index contributed by atoms with van der Waals surface area (Å²) in [6.45, 7) is 0. The largest absolute Gasteiger partial charge is 0.454 e. The Morgan fingerprint density at radius 2 is 2.07 bits per heavy atom. The van der Waals surface area contributed by atoms with Crippen LogP contribution in [0.25, 0.3) is 0 Å². The molecule has 0 saturated carbocycles. The van der Waals surface area contributed by atoms with Crippen molar-refractivity contribution in [3.63, 3.8) is 0 Å². The van der Waals surface area contributed by atoms with E-state index < -0.39 is 17.5 Å². The first-order chi connectivity index (χ1) is 6.45. The maximum absolute atomic E-state index is 11.9. The molecule has 0 N–H and O–H groups in total. The average Bonchev–Trinajstić information content (AvgIpc) is 2.15. The van der Waals surface area contributed by atoms with Crippen LogP contribution in [-0.4, -0.2) is 16.9 Å². The highest BCUT2D eigenvalue weighted by Crippen LogP contribution is 2.21. The van der Waals surface area contributed by atoms with Gasteiger partial charge in [0.15, 0.2) is 0 Å². The maximum atomic E-state index is 11.9. The molecule has 0 bridgehead atoms. The Kier molecular flexibility index (Phi) is 2.51. The molecule has 1 heterocycles. The summed E-state index contributed by atoms with van der Waals surface area (Å²) >= 11 is 0. The third-order valence-electron chi connectivity index (χ3n) is 1.39. The number of carbonyl (C=O) groups excluding carboxylic acids is 1. The molecule has 14 heavy (non-hydrogen) atoms. The Labute approximate surface area is 76.8 Å². The van der Waals surface area contributed by atoms with Gasteiger partial charge >= 0.3 is 6.18 Å². The summed E-state index contributed by atoms with van der Waals surface area (Å²) in [7, 11) is 0. The number of alkyl halides is 3. The fourth-order valence-electron chi connectivity index (χ4n) is 0.789. The van der Waals surface area contributed by atoms with Gasteiger partial charge in [-0.15, -0.1) is 0 Å². The van der Waals surface area contributed by atoms with E-state index in [4.69, 9.17) is 5.26 Å². The van der Waals surface area contributed by atoms with Crippen LogP contribution in [0, 0.1) is 11.3 Å². The first-order valence-electron chi connectivity index (χ1n) is 3.42. The van der Waals surface area contributed by atoms with Crippen LogP contribution in [0.5, 0.6) is 0 Å². The van der Waals surface area contributed by atoms with Gasteiger partial charge in [0.25, 0.3) is 5.78 Å². The highest BCUT2D eigenvalue weighted by atomic mass is 19.4. The number of carbonyl (C=O) groups is 1. The van der Waals surface area contributed by atoms with Crippen LogP contribution in [0.15, 0.2) is 18.5 Å². The molecule has 0 unspecified atom stereocenters. The standard InChI is InChI=1S/C8H3F3N2O/c9-8(10,11)7(14)6-1-5(2-12)3-13-4-6/h1,3-4H. The number of hydrogen-bond donors (Lipinski definition) is 0. The molecule has 0 aromatic carbocycles. The number of nitriles is 1. The molecule has 6 heteroatoms. The van der Waals surface area contributed by atoms with E-state index in [1.165, 1.54) is 0 Å². The number of pyridine rings is 1. The van der Waals surface area contributed by atoms with E-state index in [1.807, 2.05) is 0 Å². The highest BCUT2D eigenvalue weighted by molar-refractivity contribution is 6.00. The summed E-state index contributed by atoms with van der Waals surface area (Å²) in [5.41, 5.74) is -0.711. The van der Waals surface area contributed by atoms with Gasteiger partial charge in [-0.3, -0.25) is 9.78 Å². The van der Waals surface area contributed by atoms with Gasteiger partial charge in [0.1, 0.15) is 6.07 Å². The van der Waals surface area contributed by atoms with Crippen molar-refractivity contribution >= 4 is 5.78 Å². The summed E-state index contributed by atoms with van der Waals surface area (Å²) in [6.07, 6.45) is -3.08. The van der Waals surface area contributed by atoms with E-state index in [0.29, 0.717) is 0 Å². The van der Waals surface area contributed by atoms with Crippen LogP contribution in [0.4, 0.5) is 13.2 Å². The van der Waals surface area contributed by atoms with Crippen LogP contribution in [-0.2, 0) is 0 Å². The van der Waals surface area contributed by atoms with Crippen molar-refractivity contribution in [3.8, 4) is 6.07 Å². The van der Waals surface area contributed by atoms with Crippen LogP contribution in [0.1, 0.15) is 15.9 Å². The van der Waals surface area contributed by atoms with Gasteiger partial charge in [0.05, 0.1) is 5.56 Å². The van der Waals surface area contributed by atoms with Crippen molar-refractivity contribution in [1.29, 1.82) is 5.26 Å². The van der Waals surface area contributed by atoms with Gasteiger partial charge in [-0.05, 0) is 6.07 Å². The molecule has 72 valence electrons. The number of nitrogens with zero attached hydrogens (tertiary/aromatic N) is 2. The third-order valence-corrected chi connectivity index (χ3v) is 1.39. The van der Waals surface area contributed by atoms with Crippen molar-refractivity contribution in [2.75, 3.05) is 0 Å². The second-order valence-electron chi connectivity index (χ2n) is 2.40. The van der Waals surface area contributed by atoms with Crippen molar-refractivity contribution in [1.82, 2.24) is 4.98 Å². The van der Waals surface area contributed by atoms with Gasteiger partial charge in [-0.1, -0.05) is 0 Å². The molecule has 0 aliphatic carbocycles. The number of hydrogen-bond acceptors (Lipinski definition) is 3. The maximum Gasteiger partial charge on any atom is 0.454 e. The minimum atomic E-state index is -4.93. The lowest BCUT2D eigenvalue weighted by Crippen LogP contribution is -2.22. The Hall–Kier alpha value is -1.90. The van der Waals surface area contributed by atoms with E-state index in [0.717, 1.165) is 18.5 Å². The van der Waals surface area contributed by atoms with E-state index in [2.05, 4.69) is 4.98 Å². The summed E-state index contributed by atoms with van der Waals surface area (Å²) in [6, 6.07) is 2.44. The number of rotatable bonds is 1. The second-order valence-corrected chi connectivity index (χ2v) is 2.40. The predicted octanol–water partition coefficient (Wildman–Crippen LogP) is 1.70. The monoisotopic (exact) mass is 200 g/mol. The van der Waals surface area contributed by atoms with Gasteiger partial charge in [-0.25, -0.2) is 0 Å². The lowest BCUT2D eigenvalue weighted by Gasteiger charge is -2.03. The van der Waals surface area contributed by atoms with Crippen molar-refractivity contribution in [3.05, 3.63) is 29.6 Å². The van der Waals surface area contributed by atoms with Crippen molar-refractivity contribution < 1.29 is 18.0 Å². The summed E-state index contributed by atoms with van der Waals surface area (Å²) in [5, 5.41) is 8.36. The number of aromatic nitrogens is 1. The van der Waals surface area contributed by atoms with E-state index >= 15 is 0 Å². The Morgan fingerprint density at radius 3 is 2.57 bits per heavy atom. The van der Waals surface area contributed by atoms with E-state index in [9.17, 15) is 18.0 Å². The van der Waals surface area contributed by atoms with Gasteiger partial charge in [0.2, 0.25) is 0 Å². The summed E-state index contributed by atoms with van der Waals surface area (Å²) in [5.74, 6) is -2.00. The Bertz CT molecular complexity index is 406. The SMILES string of the molecule is N#Cc1cncc(C(=O)C(F)(F)F)c1. The Balaban J connectivity index is 3.10. The first-order valence-corrected chi connectivity index (χ1v) is 3.42. The lowest BCUT2D eigenvalue weighted by molar-refractivity contribution is -0.0885. The van der Waals surface area contributed by atoms with E-state index in [-0.39, 0.29) is 5.56 Å².